The van der Waals surface area contributed by atoms with Crippen molar-refractivity contribution < 1.29 is 14.3 Å². The number of hydrogen-bond acceptors (Lipinski definition) is 5. The highest BCUT2D eigenvalue weighted by Gasteiger charge is 2.37. The van der Waals surface area contributed by atoms with Crippen LogP contribution in [0.1, 0.15) is 18.4 Å². The summed E-state index contributed by atoms with van der Waals surface area (Å²) in [5.74, 6) is 0.816. The van der Waals surface area contributed by atoms with Crippen molar-refractivity contribution in [3.05, 3.63) is 23.5 Å². The minimum absolute atomic E-state index is 0.311. The Morgan fingerprint density at radius 3 is 2.86 bits per heavy atom. The first kappa shape index (κ1) is 14.7. The van der Waals surface area contributed by atoms with Crippen LogP contribution in [0.4, 0.5) is 9.52 Å². The first-order valence-corrected chi connectivity index (χ1v) is 8.64. The van der Waals surface area contributed by atoms with Crippen molar-refractivity contribution in [3.8, 4) is 0 Å². The van der Waals surface area contributed by atoms with Gasteiger partial charge in [-0.15, -0.1) is 0 Å². The molecule has 0 saturated carbocycles. The van der Waals surface area contributed by atoms with Crippen LogP contribution in [-0.2, 0) is 4.79 Å². The van der Waals surface area contributed by atoms with Gasteiger partial charge in [-0.3, -0.25) is 10.1 Å². The Hall–Kier alpha value is -1.18. The van der Waals surface area contributed by atoms with E-state index < -0.39 is 11.5 Å². The lowest BCUT2D eigenvalue weighted by molar-refractivity contribution is -0.134. The molecular formula is C14H15FN2O2S2. The smallest absolute Gasteiger partial charge is 0.258 e. The van der Waals surface area contributed by atoms with Gasteiger partial charge in [-0.2, -0.15) is 11.8 Å². The van der Waals surface area contributed by atoms with Crippen LogP contribution in [0.5, 0.6) is 0 Å². The maximum absolute atomic E-state index is 13.5. The molecule has 0 unspecified atom stereocenters. The number of hydrogen-bond donors (Lipinski definition) is 2. The number of amides is 1. The molecule has 1 aromatic carbocycles. The predicted molar refractivity (Wildman–Crippen MR) is 84.5 cm³/mol. The number of aromatic nitrogens is 1. The Morgan fingerprint density at radius 2 is 2.14 bits per heavy atom. The summed E-state index contributed by atoms with van der Waals surface area (Å²) < 4.78 is 14.3. The van der Waals surface area contributed by atoms with Crippen molar-refractivity contribution in [2.24, 2.45) is 0 Å². The van der Waals surface area contributed by atoms with Gasteiger partial charge in [0, 0.05) is 5.56 Å². The largest absolute Gasteiger partial charge is 0.380 e. The molecule has 2 aromatic rings. The first-order chi connectivity index (χ1) is 9.99. The van der Waals surface area contributed by atoms with Gasteiger partial charge in [-0.25, -0.2) is 9.37 Å². The van der Waals surface area contributed by atoms with E-state index in [1.54, 1.807) is 24.8 Å². The maximum Gasteiger partial charge on any atom is 0.258 e. The van der Waals surface area contributed by atoms with Crippen LogP contribution in [0.15, 0.2) is 12.1 Å². The third kappa shape index (κ3) is 2.77. The molecule has 0 atom stereocenters. The number of fused-ring (bicyclic) bond motifs is 1. The summed E-state index contributed by atoms with van der Waals surface area (Å²) in [5, 5.41) is 13.4. The molecule has 1 amide bonds. The van der Waals surface area contributed by atoms with Crippen LogP contribution in [0, 0.1) is 12.7 Å². The Balaban J connectivity index is 1.85. The molecule has 1 aliphatic heterocycles. The molecule has 0 bridgehead atoms. The van der Waals surface area contributed by atoms with E-state index in [-0.39, 0.29) is 5.82 Å². The standard InChI is InChI=1S/C14H15FN2O2S2/c1-8-9(15)2-3-10-11(8)16-13(21-10)17-12(18)14(19)4-6-20-7-5-14/h2-3,19H,4-7H2,1H3,(H,16,17,18). The van der Waals surface area contributed by atoms with Gasteiger partial charge in [-0.1, -0.05) is 11.3 Å². The Bertz CT molecular complexity index is 696. The Kier molecular flexibility index (Phi) is 3.90. The first-order valence-electron chi connectivity index (χ1n) is 6.67. The molecule has 21 heavy (non-hydrogen) atoms. The molecule has 2 N–H and O–H groups in total. The van der Waals surface area contributed by atoms with Crippen LogP contribution >= 0.6 is 23.1 Å². The summed E-state index contributed by atoms with van der Waals surface area (Å²) >= 11 is 3.02. The lowest BCUT2D eigenvalue weighted by Gasteiger charge is -2.29. The average molecular weight is 326 g/mol. The molecular weight excluding hydrogens is 311 g/mol. The summed E-state index contributed by atoms with van der Waals surface area (Å²) in [4.78, 5) is 16.5. The number of aryl methyl sites for hydroxylation is 1. The van der Waals surface area contributed by atoms with E-state index in [0.29, 0.717) is 29.1 Å². The van der Waals surface area contributed by atoms with Crippen LogP contribution in [-0.4, -0.2) is 33.1 Å². The van der Waals surface area contributed by atoms with Crippen LogP contribution in [0.3, 0.4) is 0 Å². The van der Waals surface area contributed by atoms with Crippen molar-refractivity contribution >= 4 is 44.4 Å². The van der Waals surface area contributed by atoms with Gasteiger partial charge in [0.2, 0.25) is 0 Å². The van der Waals surface area contributed by atoms with E-state index >= 15 is 0 Å². The second-order valence-corrected chi connectivity index (χ2v) is 7.39. The average Bonchev–Trinajstić information content (AvgIpc) is 2.87. The zero-order valence-electron chi connectivity index (χ0n) is 11.5. The Labute approximate surface area is 129 Å². The summed E-state index contributed by atoms with van der Waals surface area (Å²) in [6, 6.07) is 3.05. The number of halogens is 1. The number of thiazole rings is 1. The van der Waals surface area contributed by atoms with Crippen molar-refractivity contribution in [1.29, 1.82) is 0 Å². The van der Waals surface area contributed by atoms with E-state index in [2.05, 4.69) is 10.3 Å². The quantitative estimate of drug-likeness (QED) is 0.891. The second-order valence-electron chi connectivity index (χ2n) is 5.14. The van der Waals surface area contributed by atoms with E-state index in [0.717, 1.165) is 16.2 Å². The normalized spacial score (nSPS) is 17.9. The van der Waals surface area contributed by atoms with Crippen molar-refractivity contribution in [1.82, 2.24) is 4.98 Å². The summed E-state index contributed by atoms with van der Waals surface area (Å²) in [6.45, 7) is 1.66. The highest BCUT2D eigenvalue weighted by molar-refractivity contribution is 7.99. The highest BCUT2D eigenvalue weighted by atomic mass is 32.2. The third-order valence-electron chi connectivity index (χ3n) is 3.71. The highest BCUT2D eigenvalue weighted by Crippen LogP contribution is 2.32. The lowest BCUT2D eigenvalue weighted by Crippen LogP contribution is -2.45. The van der Waals surface area contributed by atoms with Crippen LogP contribution in [0.25, 0.3) is 10.2 Å². The number of aliphatic hydroxyl groups is 1. The molecule has 1 aliphatic rings. The molecule has 1 fully saturated rings. The van der Waals surface area contributed by atoms with E-state index in [1.807, 2.05) is 0 Å². The number of anilines is 1. The molecule has 0 aliphatic carbocycles. The number of nitrogens with one attached hydrogen (secondary N) is 1. The van der Waals surface area contributed by atoms with Crippen molar-refractivity contribution in [3.63, 3.8) is 0 Å². The van der Waals surface area contributed by atoms with Gasteiger partial charge in [0.1, 0.15) is 11.4 Å². The molecule has 0 spiro atoms. The summed E-state index contributed by atoms with van der Waals surface area (Å²) in [6.07, 6.45) is 0.893. The topological polar surface area (TPSA) is 62.2 Å². The van der Waals surface area contributed by atoms with Gasteiger partial charge < -0.3 is 5.11 Å². The number of rotatable bonds is 2. The molecule has 0 radical (unpaired) electrons. The fourth-order valence-corrected chi connectivity index (χ4v) is 4.39. The number of nitrogens with zero attached hydrogens (tertiary/aromatic N) is 1. The fourth-order valence-electron chi connectivity index (χ4n) is 2.30. The molecule has 4 nitrogen and oxygen atoms in total. The van der Waals surface area contributed by atoms with Gasteiger partial charge in [0.05, 0.1) is 10.2 Å². The van der Waals surface area contributed by atoms with Crippen LogP contribution < -0.4 is 5.32 Å². The number of benzene rings is 1. The maximum atomic E-state index is 13.5. The van der Waals surface area contributed by atoms with E-state index in [4.69, 9.17) is 0 Å². The van der Waals surface area contributed by atoms with Gasteiger partial charge >= 0.3 is 0 Å². The number of thioether (sulfide) groups is 1. The van der Waals surface area contributed by atoms with Crippen LogP contribution in [0.2, 0.25) is 0 Å². The minimum Gasteiger partial charge on any atom is -0.380 e. The summed E-state index contributed by atoms with van der Waals surface area (Å²) in [5.41, 5.74) is -0.290. The number of carbonyl (C=O) groups excluding carboxylic acids is 1. The molecule has 7 heteroatoms. The second kappa shape index (κ2) is 5.55. The molecule has 1 saturated heterocycles. The molecule has 112 valence electrons. The third-order valence-corrected chi connectivity index (χ3v) is 5.63. The minimum atomic E-state index is -1.32. The summed E-state index contributed by atoms with van der Waals surface area (Å²) in [7, 11) is 0. The SMILES string of the molecule is Cc1c(F)ccc2sc(NC(=O)C3(O)CCSCC3)nc12. The number of carbonyl (C=O) groups is 1. The van der Waals surface area contributed by atoms with Gasteiger partial charge in [0.15, 0.2) is 5.13 Å². The van der Waals surface area contributed by atoms with Crippen molar-refractivity contribution in [2.45, 2.75) is 25.4 Å². The molecule has 1 aromatic heterocycles. The zero-order chi connectivity index (χ0) is 15.0. The molecule has 3 rings (SSSR count). The lowest BCUT2D eigenvalue weighted by atomic mass is 9.96. The van der Waals surface area contributed by atoms with E-state index in [1.165, 1.54) is 17.4 Å². The monoisotopic (exact) mass is 326 g/mol. The zero-order valence-corrected chi connectivity index (χ0v) is 13.1. The van der Waals surface area contributed by atoms with Gasteiger partial charge in [-0.05, 0) is 43.4 Å². The predicted octanol–water partition coefficient (Wildman–Crippen LogP) is 2.94. The molecule has 2 heterocycles. The van der Waals surface area contributed by atoms with Gasteiger partial charge in [0.25, 0.3) is 5.91 Å². The van der Waals surface area contributed by atoms with Crippen molar-refractivity contribution in [2.75, 3.05) is 16.8 Å². The Morgan fingerprint density at radius 1 is 1.43 bits per heavy atom. The van der Waals surface area contributed by atoms with E-state index in [9.17, 15) is 14.3 Å². The fraction of sp³-hybridized carbons (Fsp3) is 0.429.